The molecule has 0 aliphatic carbocycles. The number of benzene rings is 2. The van der Waals surface area contributed by atoms with Gasteiger partial charge in [0.25, 0.3) is 0 Å². The number of carbonyl (C=O) groups is 1. The summed E-state index contributed by atoms with van der Waals surface area (Å²) in [5.41, 5.74) is 0.804. The van der Waals surface area contributed by atoms with Crippen LogP contribution in [0, 0.1) is 0 Å². The van der Waals surface area contributed by atoms with E-state index in [0.717, 1.165) is 15.3 Å². The quantitative estimate of drug-likeness (QED) is 0.596. The van der Waals surface area contributed by atoms with Crippen LogP contribution in [0.3, 0.4) is 0 Å². The molecule has 0 radical (unpaired) electrons. The number of halogens is 1. The van der Waals surface area contributed by atoms with E-state index in [9.17, 15) is 13.2 Å². The summed E-state index contributed by atoms with van der Waals surface area (Å²) in [6, 6.07) is 14.0. The van der Waals surface area contributed by atoms with E-state index in [0.29, 0.717) is 31.2 Å². The van der Waals surface area contributed by atoms with Crippen LogP contribution in [0.4, 0.5) is 5.13 Å². The SMILES string of the molecule is O=C(CCS(=O)(=O)c1ccccc1)N1CCN(c2nc3c(Cl)cccc3s2)CC1. The van der Waals surface area contributed by atoms with Crippen molar-refractivity contribution in [1.29, 1.82) is 0 Å². The van der Waals surface area contributed by atoms with Crippen LogP contribution in [0.1, 0.15) is 6.42 Å². The third-order valence-corrected chi connectivity index (χ3v) is 8.07. The largest absolute Gasteiger partial charge is 0.345 e. The summed E-state index contributed by atoms with van der Waals surface area (Å²) in [6.07, 6.45) is -0.00598. The highest BCUT2D eigenvalue weighted by Gasteiger charge is 2.25. The highest BCUT2D eigenvalue weighted by Crippen LogP contribution is 2.33. The maximum atomic E-state index is 12.5. The molecule has 3 aromatic rings. The number of aromatic nitrogens is 1. The maximum Gasteiger partial charge on any atom is 0.223 e. The lowest BCUT2D eigenvalue weighted by atomic mass is 10.3. The number of amides is 1. The van der Waals surface area contributed by atoms with Gasteiger partial charge < -0.3 is 9.80 Å². The predicted molar refractivity (Wildman–Crippen MR) is 117 cm³/mol. The maximum absolute atomic E-state index is 12.5. The predicted octanol–water partition coefficient (Wildman–Crippen LogP) is 3.46. The number of piperazine rings is 1. The zero-order chi connectivity index (χ0) is 20.4. The van der Waals surface area contributed by atoms with E-state index in [1.807, 2.05) is 18.2 Å². The van der Waals surface area contributed by atoms with Crippen molar-refractivity contribution in [2.24, 2.45) is 0 Å². The molecule has 0 atom stereocenters. The zero-order valence-corrected chi connectivity index (χ0v) is 18.0. The van der Waals surface area contributed by atoms with Gasteiger partial charge in [-0.1, -0.05) is 47.2 Å². The van der Waals surface area contributed by atoms with Crippen LogP contribution in [-0.4, -0.2) is 56.1 Å². The molecule has 0 spiro atoms. The van der Waals surface area contributed by atoms with Crippen LogP contribution in [0.5, 0.6) is 0 Å². The van der Waals surface area contributed by atoms with Gasteiger partial charge in [0.2, 0.25) is 5.91 Å². The van der Waals surface area contributed by atoms with E-state index in [2.05, 4.69) is 9.88 Å². The van der Waals surface area contributed by atoms with Gasteiger partial charge in [-0.3, -0.25) is 4.79 Å². The van der Waals surface area contributed by atoms with Crippen LogP contribution in [0.15, 0.2) is 53.4 Å². The zero-order valence-electron chi connectivity index (χ0n) is 15.6. The molecule has 1 amide bonds. The molecule has 1 aromatic heterocycles. The van der Waals surface area contributed by atoms with Crippen LogP contribution >= 0.6 is 22.9 Å². The molecule has 0 N–H and O–H groups in total. The van der Waals surface area contributed by atoms with Crippen molar-refractivity contribution < 1.29 is 13.2 Å². The van der Waals surface area contributed by atoms with Crippen molar-refractivity contribution in [3.05, 3.63) is 53.6 Å². The van der Waals surface area contributed by atoms with Crippen molar-refractivity contribution in [1.82, 2.24) is 9.88 Å². The summed E-state index contributed by atoms with van der Waals surface area (Å²) in [4.78, 5) is 21.3. The van der Waals surface area contributed by atoms with Gasteiger partial charge in [0, 0.05) is 32.6 Å². The minimum atomic E-state index is -3.45. The van der Waals surface area contributed by atoms with E-state index in [-0.39, 0.29) is 23.0 Å². The fourth-order valence-corrected chi connectivity index (χ4v) is 5.88. The van der Waals surface area contributed by atoms with E-state index < -0.39 is 9.84 Å². The van der Waals surface area contributed by atoms with Gasteiger partial charge in [-0.05, 0) is 24.3 Å². The van der Waals surface area contributed by atoms with Crippen LogP contribution in [0.2, 0.25) is 5.02 Å². The molecule has 4 rings (SSSR count). The highest BCUT2D eigenvalue weighted by atomic mass is 35.5. The van der Waals surface area contributed by atoms with Gasteiger partial charge in [-0.25, -0.2) is 13.4 Å². The van der Waals surface area contributed by atoms with Crippen molar-refractivity contribution in [2.45, 2.75) is 11.3 Å². The lowest BCUT2D eigenvalue weighted by molar-refractivity contribution is -0.131. The molecule has 0 saturated carbocycles. The second-order valence-electron chi connectivity index (χ2n) is 6.83. The second kappa shape index (κ2) is 8.30. The van der Waals surface area contributed by atoms with Gasteiger partial charge >= 0.3 is 0 Å². The topological polar surface area (TPSA) is 70.6 Å². The lowest BCUT2D eigenvalue weighted by Crippen LogP contribution is -2.49. The summed E-state index contributed by atoms with van der Waals surface area (Å²) in [6.45, 7) is 2.42. The van der Waals surface area contributed by atoms with Crippen LogP contribution in [-0.2, 0) is 14.6 Å². The Morgan fingerprint density at radius 3 is 2.45 bits per heavy atom. The smallest absolute Gasteiger partial charge is 0.223 e. The molecule has 152 valence electrons. The molecule has 1 aliphatic heterocycles. The second-order valence-corrected chi connectivity index (χ2v) is 10.4. The number of carbonyl (C=O) groups excluding carboxylic acids is 1. The van der Waals surface area contributed by atoms with Crippen LogP contribution in [0.25, 0.3) is 10.2 Å². The Bertz CT molecular complexity index is 1120. The first-order valence-electron chi connectivity index (χ1n) is 9.30. The Morgan fingerprint density at radius 2 is 1.76 bits per heavy atom. The van der Waals surface area contributed by atoms with E-state index in [1.54, 1.807) is 46.6 Å². The molecule has 1 aliphatic rings. The van der Waals surface area contributed by atoms with Crippen molar-refractivity contribution in [3.8, 4) is 0 Å². The Hall–Kier alpha value is -2.16. The molecule has 29 heavy (non-hydrogen) atoms. The Morgan fingerprint density at radius 1 is 1.03 bits per heavy atom. The summed E-state index contributed by atoms with van der Waals surface area (Å²) in [7, 11) is -3.45. The summed E-state index contributed by atoms with van der Waals surface area (Å²) in [5, 5.41) is 1.53. The Kier molecular flexibility index (Phi) is 5.76. The van der Waals surface area contributed by atoms with Gasteiger partial charge in [-0.2, -0.15) is 0 Å². The van der Waals surface area contributed by atoms with Crippen molar-refractivity contribution >= 4 is 54.0 Å². The number of fused-ring (bicyclic) bond motifs is 1. The molecule has 2 aromatic carbocycles. The number of sulfone groups is 1. The average molecular weight is 450 g/mol. The molecule has 0 bridgehead atoms. The fraction of sp³-hybridized carbons (Fsp3) is 0.300. The molecule has 0 unspecified atom stereocenters. The first kappa shape index (κ1) is 20.1. The van der Waals surface area contributed by atoms with Gasteiger partial charge in [0.15, 0.2) is 15.0 Å². The number of hydrogen-bond donors (Lipinski definition) is 0. The minimum absolute atomic E-state index is 0.00598. The molecular formula is C20H20ClN3O3S2. The third kappa shape index (κ3) is 4.39. The summed E-state index contributed by atoms with van der Waals surface area (Å²) >= 11 is 7.80. The molecule has 2 heterocycles. The minimum Gasteiger partial charge on any atom is -0.345 e. The number of para-hydroxylation sites is 1. The number of rotatable bonds is 5. The fourth-order valence-electron chi connectivity index (χ4n) is 3.31. The number of anilines is 1. The number of thiazole rings is 1. The first-order chi connectivity index (χ1) is 13.9. The monoisotopic (exact) mass is 449 g/mol. The van der Waals surface area contributed by atoms with E-state index >= 15 is 0 Å². The van der Waals surface area contributed by atoms with Crippen molar-refractivity contribution in [2.75, 3.05) is 36.8 Å². The Balaban J connectivity index is 1.34. The van der Waals surface area contributed by atoms with Crippen molar-refractivity contribution in [3.63, 3.8) is 0 Å². The molecule has 1 saturated heterocycles. The average Bonchev–Trinajstić information content (AvgIpc) is 3.19. The number of hydrogen-bond acceptors (Lipinski definition) is 6. The Labute approximate surface area is 178 Å². The lowest BCUT2D eigenvalue weighted by Gasteiger charge is -2.34. The molecular weight excluding hydrogens is 430 g/mol. The van der Waals surface area contributed by atoms with Crippen LogP contribution < -0.4 is 4.90 Å². The summed E-state index contributed by atoms with van der Waals surface area (Å²) in [5.74, 6) is -0.302. The van der Waals surface area contributed by atoms with Gasteiger partial charge in [0.1, 0.15) is 5.52 Å². The third-order valence-electron chi connectivity index (χ3n) is 4.95. The highest BCUT2D eigenvalue weighted by molar-refractivity contribution is 7.91. The van der Waals surface area contributed by atoms with Gasteiger partial charge in [0.05, 0.1) is 20.4 Å². The van der Waals surface area contributed by atoms with E-state index in [4.69, 9.17) is 11.6 Å². The first-order valence-corrected chi connectivity index (χ1v) is 12.1. The number of nitrogens with zero attached hydrogens (tertiary/aromatic N) is 3. The molecule has 9 heteroatoms. The molecule has 1 fully saturated rings. The summed E-state index contributed by atoms with van der Waals surface area (Å²) < 4.78 is 25.8. The normalized spacial score (nSPS) is 15.1. The van der Waals surface area contributed by atoms with Gasteiger partial charge in [-0.15, -0.1) is 0 Å². The van der Waals surface area contributed by atoms with E-state index in [1.165, 1.54) is 0 Å². The standard InChI is InChI=1S/C20H20ClN3O3S2/c21-16-7-4-8-17-19(16)22-20(28-17)24-12-10-23(11-13-24)18(25)9-14-29(26,27)15-5-2-1-3-6-15/h1-8H,9-14H2. The molecule has 6 nitrogen and oxygen atoms in total.